The number of carboxylic acids is 2. The summed E-state index contributed by atoms with van der Waals surface area (Å²) < 4.78 is 63.5. The molecule has 1 spiro atoms. The lowest BCUT2D eigenvalue weighted by molar-refractivity contribution is -0.193. The maximum Gasteiger partial charge on any atom is 0.490 e. The first-order valence-electron chi connectivity index (χ1n) is 10.5. The summed E-state index contributed by atoms with van der Waals surface area (Å²) in [5, 5.41) is 17.4. The molecule has 2 aliphatic heterocycles. The molecular weight excluding hydrogens is 508 g/mol. The van der Waals surface area contributed by atoms with Crippen molar-refractivity contribution in [3.05, 3.63) is 16.1 Å². The van der Waals surface area contributed by atoms with Crippen molar-refractivity contribution in [1.29, 1.82) is 0 Å². The number of hydrogen-bond acceptors (Lipinski definition) is 6. The quantitative estimate of drug-likeness (QED) is 0.570. The Morgan fingerprint density at radius 2 is 1.66 bits per heavy atom. The number of carboxylic acid groups (broad SMARTS) is 2. The summed E-state index contributed by atoms with van der Waals surface area (Å²) in [5.74, 6) is -4.24. The van der Waals surface area contributed by atoms with Crippen LogP contribution >= 0.6 is 11.3 Å². The zero-order valence-electron chi connectivity index (χ0n) is 18.7. The lowest BCUT2D eigenvalue weighted by atomic mass is 9.86. The highest BCUT2D eigenvalue weighted by Gasteiger charge is 2.48. The van der Waals surface area contributed by atoms with Crippen molar-refractivity contribution < 1.29 is 50.9 Å². The summed E-state index contributed by atoms with van der Waals surface area (Å²) in [7, 11) is 0. The van der Waals surface area contributed by atoms with Crippen LogP contribution in [0.25, 0.3) is 0 Å². The van der Waals surface area contributed by atoms with Gasteiger partial charge in [-0.25, -0.2) is 14.6 Å². The summed E-state index contributed by atoms with van der Waals surface area (Å²) in [6.07, 6.45) is -5.40. The van der Waals surface area contributed by atoms with Crippen LogP contribution in [0.3, 0.4) is 0 Å². The van der Waals surface area contributed by atoms with Crippen molar-refractivity contribution in [2.45, 2.75) is 51.5 Å². The second-order valence-corrected chi connectivity index (χ2v) is 9.88. The van der Waals surface area contributed by atoms with Gasteiger partial charge in [0, 0.05) is 36.9 Å². The zero-order valence-corrected chi connectivity index (χ0v) is 19.5. The first-order chi connectivity index (χ1) is 16.0. The molecule has 1 amide bonds. The first kappa shape index (κ1) is 28.8. The third kappa shape index (κ3) is 9.28. The number of amides is 1. The molecule has 1 aromatic rings. The maximum atomic E-state index is 12.4. The molecule has 35 heavy (non-hydrogen) atoms. The number of aryl methyl sites for hydroxylation is 1. The number of rotatable bonds is 4. The van der Waals surface area contributed by atoms with Gasteiger partial charge < -0.3 is 20.0 Å². The van der Waals surface area contributed by atoms with E-state index in [1.165, 1.54) is 32.4 Å². The Kier molecular flexibility index (Phi) is 9.14. The first-order valence-corrected chi connectivity index (χ1v) is 11.4. The Bertz CT molecular complexity index is 894. The van der Waals surface area contributed by atoms with Gasteiger partial charge in [-0.2, -0.15) is 26.3 Å². The average Bonchev–Trinajstić information content (AvgIpc) is 3.17. The Morgan fingerprint density at radius 1 is 1.11 bits per heavy atom. The molecule has 3 fully saturated rings. The Hall–Kier alpha value is -2.42. The molecular formula is C20H25F6N3O5S. The number of nitrogens with zero attached hydrogens (tertiary/aromatic N) is 3. The Balaban J connectivity index is 0.000000257. The fraction of sp³-hybridized carbons (Fsp3) is 0.700. The van der Waals surface area contributed by atoms with Crippen LogP contribution in [0.15, 0.2) is 5.38 Å². The molecule has 15 heteroatoms. The smallest absolute Gasteiger partial charge is 0.475 e. The minimum Gasteiger partial charge on any atom is -0.475 e. The van der Waals surface area contributed by atoms with Gasteiger partial charge in [0.15, 0.2) is 0 Å². The number of aromatic nitrogens is 1. The van der Waals surface area contributed by atoms with E-state index in [9.17, 15) is 31.1 Å². The lowest BCUT2D eigenvalue weighted by Gasteiger charge is -2.24. The average molecular weight is 533 g/mol. The van der Waals surface area contributed by atoms with Crippen LogP contribution in [0.2, 0.25) is 0 Å². The Labute approximate surface area is 200 Å². The van der Waals surface area contributed by atoms with Gasteiger partial charge in [0.05, 0.1) is 17.2 Å². The third-order valence-corrected chi connectivity index (χ3v) is 6.46. The number of likely N-dealkylation sites (tertiary alicyclic amines) is 2. The van der Waals surface area contributed by atoms with E-state index in [0.29, 0.717) is 12.5 Å². The number of hydrogen-bond donors (Lipinski definition) is 2. The molecule has 0 radical (unpaired) electrons. The monoisotopic (exact) mass is 533 g/mol. The van der Waals surface area contributed by atoms with Crippen LogP contribution < -0.4 is 0 Å². The number of alkyl halides is 6. The molecule has 2 N–H and O–H groups in total. The predicted octanol–water partition coefficient (Wildman–Crippen LogP) is 3.55. The molecule has 3 heterocycles. The standard InChI is InChI=1S/C16H23N3OS.2C2HF3O2/c1-12-17-14(9-21-12)8-19-11-16(6-15(19)20)4-5-18(10-16)7-13-2-3-13;2*3-2(4,5)1(6)7/h9,13H,2-8,10-11H2,1H3;2*(H,6,7). The highest BCUT2D eigenvalue weighted by molar-refractivity contribution is 7.09. The molecule has 1 aromatic heterocycles. The molecule has 1 atom stereocenters. The fourth-order valence-corrected chi connectivity index (χ4v) is 4.53. The van der Waals surface area contributed by atoms with Crippen LogP contribution in [0.5, 0.6) is 0 Å². The largest absolute Gasteiger partial charge is 0.490 e. The molecule has 4 rings (SSSR count). The SMILES string of the molecule is Cc1nc(CN2CC3(CCN(CC4CC4)C3)CC2=O)cs1.O=C(O)C(F)(F)F.O=C(O)C(F)(F)F. The van der Waals surface area contributed by atoms with Crippen LogP contribution in [-0.4, -0.2) is 81.4 Å². The molecule has 1 aliphatic carbocycles. The highest BCUT2D eigenvalue weighted by atomic mass is 32.1. The van der Waals surface area contributed by atoms with Crippen molar-refractivity contribution in [3.8, 4) is 0 Å². The summed E-state index contributed by atoms with van der Waals surface area (Å²) in [6, 6.07) is 0. The second kappa shape index (κ2) is 11.1. The highest BCUT2D eigenvalue weighted by Crippen LogP contribution is 2.42. The van der Waals surface area contributed by atoms with Crippen LogP contribution in [0, 0.1) is 18.3 Å². The zero-order chi connectivity index (χ0) is 26.6. The normalized spacial score (nSPS) is 22.5. The van der Waals surface area contributed by atoms with Gasteiger partial charge in [0.2, 0.25) is 5.91 Å². The fourth-order valence-electron chi connectivity index (χ4n) is 3.92. The number of halogens is 6. The molecule has 2 saturated heterocycles. The molecule has 1 unspecified atom stereocenters. The predicted molar refractivity (Wildman–Crippen MR) is 110 cm³/mol. The van der Waals surface area contributed by atoms with E-state index in [1.54, 1.807) is 11.3 Å². The van der Waals surface area contributed by atoms with Crippen molar-refractivity contribution in [1.82, 2.24) is 14.8 Å². The minimum absolute atomic E-state index is 0.233. The summed E-state index contributed by atoms with van der Waals surface area (Å²) in [6.45, 7) is 7.24. The van der Waals surface area contributed by atoms with Gasteiger partial charge in [-0.15, -0.1) is 11.3 Å². The summed E-state index contributed by atoms with van der Waals surface area (Å²) in [4.78, 5) is 39.3. The Morgan fingerprint density at radius 3 is 2.09 bits per heavy atom. The van der Waals surface area contributed by atoms with Gasteiger partial charge >= 0.3 is 24.3 Å². The van der Waals surface area contributed by atoms with Crippen molar-refractivity contribution >= 4 is 29.2 Å². The number of carbonyl (C=O) groups excluding carboxylic acids is 1. The maximum absolute atomic E-state index is 12.4. The topological polar surface area (TPSA) is 111 Å². The van der Waals surface area contributed by atoms with E-state index in [4.69, 9.17) is 19.8 Å². The summed E-state index contributed by atoms with van der Waals surface area (Å²) >= 11 is 1.67. The number of carbonyl (C=O) groups is 3. The molecule has 3 aliphatic rings. The van der Waals surface area contributed by atoms with Crippen LogP contribution in [-0.2, 0) is 20.9 Å². The molecule has 0 aromatic carbocycles. The minimum atomic E-state index is -5.08. The van der Waals surface area contributed by atoms with Crippen LogP contribution in [0.4, 0.5) is 26.3 Å². The van der Waals surface area contributed by atoms with Crippen molar-refractivity contribution in [2.75, 3.05) is 26.2 Å². The lowest BCUT2D eigenvalue weighted by Crippen LogP contribution is -2.32. The van der Waals surface area contributed by atoms with Gasteiger partial charge in [-0.05, 0) is 38.6 Å². The van der Waals surface area contributed by atoms with Gasteiger partial charge in [0.25, 0.3) is 0 Å². The number of thiazole rings is 1. The van der Waals surface area contributed by atoms with E-state index in [2.05, 4.69) is 15.3 Å². The van der Waals surface area contributed by atoms with E-state index in [1.807, 2.05) is 11.8 Å². The second-order valence-electron chi connectivity index (χ2n) is 8.82. The van der Waals surface area contributed by atoms with E-state index in [-0.39, 0.29) is 5.41 Å². The van der Waals surface area contributed by atoms with Crippen molar-refractivity contribution in [3.63, 3.8) is 0 Å². The van der Waals surface area contributed by atoms with Gasteiger partial charge in [0.1, 0.15) is 0 Å². The molecule has 8 nitrogen and oxygen atoms in total. The molecule has 0 bridgehead atoms. The molecule has 198 valence electrons. The van der Waals surface area contributed by atoms with Gasteiger partial charge in [-0.3, -0.25) is 4.79 Å². The van der Waals surface area contributed by atoms with Crippen molar-refractivity contribution in [2.24, 2.45) is 11.3 Å². The third-order valence-electron chi connectivity index (χ3n) is 5.64. The summed E-state index contributed by atoms with van der Waals surface area (Å²) in [5.41, 5.74) is 1.28. The molecule has 1 saturated carbocycles. The van der Waals surface area contributed by atoms with E-state index >= 15 is 0 Å². The van der Waals surface area contributed by atoms with Gasteiger partial charge in [-0.1, -0.05) is 0 Å². The van der Waals surface area contributed by atoms with E-state index in [0.717, 1.165) is 36.1 Å². The number of aliphatic carboxylic acids is 2. The van der Waals surface area contributed by atoms with Crippen LogP contribution in [0.1, 0.15) is 36.4 Å². The van der Waals surface area contributed by atoms with E-state index < -0.39 is 24.3 Å².